The molecule has 108 valence electrons. The smallest absolute Gasteiger partial charge is 0.238 e. The molecule has 2 N–H and O–H groups in total. The van der Waals surface area contributed by atoms with Crippen LogP contribution in [0.3, 0.4) is 0 Å². The van der Waals surface area contributed by atoms with E-state index in [0.29, 0.717) is 32.2 Å². The fourth-order valence-corrected chi connectivity index (χ4v) is 1.87. The molecular formula is C12H19NO5S. The van der Waals surface area contributed by atoms with Crippen molar-refractivity contribution in [1.29, 1.82) is 0 Å². The molecule has 0 bridgehead atoms. The summed E-state index contributed by atoms with van der Waals surface area (Å²) in [6, 6.07) is 5.93. The van der Waals surface area contributed by atoms with Gasteiger partial charge in [0, 0.05) is 20.3 Å². The lowest BCUT2D eigenvalue weighted by atomic mass is 10.3. The van der Waals surface area contributed by atoms with Gasteiger partial charge in [-0.05, 0) is 30.7 Å². The van der Waals surface area contributed by atoms with E-state index in [0.717, 1.165) is 6.42 Å². The maximum atomic E-state index is 11.0. The normalized spacial score (nSPS) is 11.5. The van der Waals surface area contributed by atoms with Gasteiger partial charge in [0.05, 0.1) is 11.5 Å². The summed E-state index contributed by atoms with van der Waals surface area (Å²) in [5, 5.41) is 4.99. The molecular weight excluding hydrogens is 270 g/mol. The Hall–Kier alpha value is -1.15. The van der Waals surface area contributed by atoms with Gasteiger partial charge >= 0.3 is 0 Å². The van der Waals surface area contributed by atoms with E-state index in [1.807, 2.05) is 0 Å². The van der Waals surface area contributed by atoms with Gasteiger partial charge in [-0.2, -0.15) is 0 Å². The predicted octanol–water partition coefficient (Wildman–Crippen LogP) is 0.766. The van der Waals surface area contributed by atoms with E-state index < -0.39 is 10.0 Å². The van der Waals surface area contributed by atoms with E-state index in [4.69, 9.17) is 19.3 Å². The number of hydrogen-bond donors (Lipinski definition) is 1. The Kier molecular flexibility index (Phi) is 6.79. The third-order valence-electron chi connectivity index (χ3n) is 2.29. The monoisotopic (exact) mass is 289 g/mol. The number of primary sulfonamides is 1. The Morgan fingerprint density at radius 1 is 1.05 bits per heavy atom. The van der Waals surface area contributed by atoms with E-state index in [2.05, 4.69) is 0 Å². The van der Waals surface area contributed by atoms with Crippen LogP contribution in [0.25, 0.3) is 0 Å². The summed E-state index contributed by atoms with van der Waals surface area (Å²) in [5.41, 5.74) is 0. The minimum atomic E-state index is -3.65. The summed E-state index contributed by atoms with van der Waals surface area (Å²) in [6.07, 6.45) is 0.847. The lowest BCUT2D eigenvalue weighted by molar-refractivity contribution is 0.0806. The second-order valence-electron chi connectivity index (χ2n) is 3.82. The molecule has 0 amide bonds. The van der Waals surface area contributed by atoms with Gasteiger partial charge in [-0.25, -0.2) is 13.6 Å². The van der Waals surface area contributed by atoms with Crippen molar-refractivity contribution in [1.82, 2.24) is 0 Å². The molecule has 0 aliphatic heterocycles. The molecule has 7 heteroatoms. The zero-order valence-electron chi connectivity index (χ0n) is 10.9. The summed E-state index contributed by atoms with van der Waals surface area (Å²) in [5.74, 6) is 0.577. The average molecular weight is 289 g/mol. The van der Waals surface area contributed by atoms with Gasteiger partial charge in [-0.15, -0.1) is 0 Å². The van der Waals surface area contributed by atoms with Crippen LogP contribution in [0.5, 0.6) is 5.75 Å². The van der Waals surface area contributed by atoms with Crippen molar-refractivity contribution in [3.05, 3.63) is 24.3 Å². The number of hydrogen-bond acceptors (Lipinski definition) is 5. The minimum absolute atomic E-state index is 0.0654. The van der Waals surface area contributed by atoms with Crippen LogP contribution >= 0.6 is 0 Å². The Morgan fingerprint density at radius 2 is 1.74 bits per heavy atom. The molecule has 19 heavy (non-hydrogen) atoms. The number of nitrogens with two attached hydrogens (primary N) is 1. The van der Waals surface area contributed by atoms with Crippen molar-refractivity contribution < 1.29 is 22.6 Å². The summed E-state index contributed by atoms with van der Waals surface area (Å²) in [6.45, 7) is 2.18. The van der Waals surface area contributed by atoms with Crippen molar-refractivity contribution in [3.63, 3.8) is 0 Å². The number of rotatable bonds is 9. The fraction of sp³-hybridized carbons (Fsp3) is 0.500. The van der Waals surface area contributed by atoms with Crippen molar-refractivity contribution in [2.45, 2.75) is 11.3 Å². The molecule has 0 fully saturated rings. The summed E-state index contributed by atoms with van der Waals surface area (Å²) in [7, 11) is -2.00. The Labute approximate surface area is 113 Å². The third-order valence-corrected chi connectivity index (χ3v) is 3.22. The van der Waals surface area contributed by atoms with Gasteiger partial charge in [-0.3, -0.25) is 0 Å². The SMILES string of the molecule is COCCCOCCOc1ccc(S(N)(=O)=O)cc1. The van der Waals surface area contributed by atoms with E-state index in [-0.39, 0.29) is 4.90 Å². The number of ether oxygens (including phenoxy) is 3. The van der Waals surface area contributed by atoms with Crippen LogP contribution in [-0.2, 0) is 19.5 Å². The molecule has 1 aromatic rings. The van der Waals surface area contributed by atoms with Gasteiger partial charge in [0.25, 0.3) is 0 Å². The highest BCUT2D eigenvalue weighted by Gasteiger charge is 2.06. The quantitative estimate of drug-likeness (QED) is 0.678. The molecule has 1 aromatic carbocycles. The molecule has 1 rings (SSSR count). The number of methoxy groups -OCH3 is 1. The lowest BCUT2D eigenvalue weighted by Gasteiger charge is -2.07. The molecule has 0 aliphatic carbocycles. The number of sulfonamides is 1. The van der Waals surface area contributed by atoms with Crippen molar-refractivity contribution in [2.75, 3.05) is 33.5 Å². The van der Waals surface area contributed by atoms with Gasteiger partial charge in [-0.1, -0.05) is 0 Å². The standard InChI is InChI=1S/C12H19NO5S/c1-16-7-2-8-17-9-10-18-11-3-5-12(6-4-11)19(13,14)15/h3-6H,2,7-10H2,1H3,(H2,13,14,15). The molecule has 0 heterocycles. The largest absolute Gasteiger partial charge is 0.491 e. The first-order chi connectivity index (χ1) is 9.04. The van der Waals surface area contributed by atoms with Crippen LogP contribution in [-0.4, -0.2) is 42.0 Å². The van der Waals surface area contributed by atoms with Crippen LogP contribution in [0.15, 0.2) is 29.2 Å². The van der Waals surface area contributed by atoms with E-state index in [9.17, 15) is 8.42 Å². The van der Waals surface area contributed by atoms with Crippen molar-refractivity contribution >= 4 is 10.0 Å². The van der Waals surface area contributed by atoms with Gasteiger partial charge < -0.3 is 14.2 Å². The fourth-order valence-electron chi connectivity index (χ4n) is 1.35. The van der Waals surface area contributed by atoms with Crippen molar-refractivity contribution in [2.24, 2.45) is 5.14 Å². The zero-order chi connectivity index (χ0) is 14.1. The first-order valence-corrected chi connectivity index (χ1v) is 7.41. The van der Waals surface area contributed by atoms with E-state index in [1.54, 1.807) is 19.2 Å². The third kappa shape index (κ3) is 6.53. The highest BCUT2D eigenvalue weighted by molar-refractivity contribution is 7.89. The molecule has 6 nitrogen and oxygen atoms in total. The average Bonchev–Trinajstić information content (AvgIpc) is 2.37. The molecule has 0 aliphatic rings. The molecule has 0 saturated carbocycles. The highest BCUT2D eigenvalue weighted by atomic mass is 32.2. The minimum Gasteiger partial charge on any atom is -0.491 e. The van der Waals surface area contributed by atoms with Crippen LogP contribution in [0.4, 0.5) is 0 Å². The maximum absolute atomic E-state index is 11.0. The first-order valence-electron chi connectivity index (χ1n) is 5.86. The molecule has 0 atom stereocenters. The molecule has 0 unspecified atom stereocenters. The van der Waals surface area contributed by atoms with Crippen LogP contribution in [0, 0.1) is 0 Å². The van der Waals surface area contributed by atoms with Crippen molar-refractivity contribution in [3.8, 4) is 5.75 Å². The Morgan fingerprint density at radius 3 is 2.32 bits per heavy atom. The summed E-state index contributed by atoms with van der Waals surface area (Å²) in [4.78, 5) is 0.0654. The van der Waals surface area contributed by atoms with Gasteiger partial charge in [0.15, 0.2) is 0 Å². The van der Waals surface area contributed by atoms with Gasteiger partial charge in [0.1, 0.15) is 12.4 Å². The van der Waals surface area contributed by atoms with Crippen LogP contribution in [0.2, 0.25) is 0 Å². The predicted molar refractivity (Wildman–Crippen MR) is 70.6 cm³/mol. The first kappa shape index (κ1) is 15.9. The second-order valence-corrected chi connectivity index (χ2v) is 5.39. The molecule has 0 spiro atoms. The second kappa shape index (κ2) is 8.11. The topological polar surface area (TPSA) is 87.8 Å². The molecule has 0 radical (unpaired) electrons. The lowest BCUT2D eigenvalue weighted by Crippen LogP contribution is -2.12. The summed E-state index contributed by atoms with van der Waals surface area (Å²) < 4.78 is 37.7. The van der Waals surface area contributed by atoms with E-state index >= 15 is 0 Å². The van der Waals surface area contributed by atoms with Crippen LogP contribution in [0.1, 0.15) is 6.42 Å². The maximum Gasteiger partial charge on any atom is 0.238 e. The van der Waals surface area contributed by atoms with Crippen LogP contribution < -0.4 is 9.88 Å². The van der Waals surface area contributed by atoms with Gasteiger partial charge in [0.2, 0.25) is 10.0 Å². The summed E-state index contributed by atoms with van der Waals surface area (Å²) >= 11 is 0. The highest BCUT2D eigenvalue weighted by Crippen LogP contribution is 2.14. The van der Waals surface area contributed by atoms with E-state index in [1.165, 1.54) is 12.1 Å². The molecule has 0 aromatic heterocycles. The molecule has 0 saturated heterocycles. The Bertz CT molecular complexity index is 458. The Balaban J connectivity index is 2.23. The zero-order valence-corrected chi connectivity index (χ0v) is 11.7. The number of benzene rings is 1.